The molecule has 1 atom stereocenters. The third-order valence-corrected chi connectivity index (χ3v) is 5.75. The molecule has 3 N–H and O–H groups in total. The smallest absolute Gasteiger partial charge is 0.116 e. The second-order valence-electron chi connectivity index (χ2n) is 8.60. The standard InChI is InChI=1S/C29H31NO3/c1-20(2)30-17-6-18-33-29(22-7-4-3-5-8-22)28-26(21-9-12-24(31)13-10-21)15-11-23-19-25(32)14-16-27(23)28/h3-5,7-16,19-20,29-32H,6,17-18H2,1-2H3. The Kier molecular flexibility index (Phi) is 7.28. The van der Waals surface area contributed by atoms with Crippen LogP contribution in [0.4, 0.5) is 0 Å². The van der Waals surface area contributed by atoms with Crippen molar-refractivity contribution in [1.29, 1.82) is 0 Å². The van der Waals surface area contributed by atoms with Crippen LogP contribution >= 0.6 is 0 Å². The Bertz CT molecular complexity index is 1190. The minimum absolute atomic E-state index is 0.236. The molecular weight excluding hydrogens is 410 g/mol. The Hall–Kier alpha value is -3.34. The number of hydrogen-bond acceptors (Lipinski definition) is 4. The van der Waals surface area contributed by atoms with E-state index in [1.807, 2.05) is 42.5 Å². The molecule has 0 saturated heterocycles. The summed E-state index contributed by atoms with van der Waals surface area (Å²) in [5, 5.41) is 25.3. The van der Waals surface area contributed by atoms with Gasteiger partial charge in [0.1, 0.15) is 17.6 Å². The summed E-state index contributed by atoms with van der Waals surface area (Å²) < 4.78 is 6.57. The first kappa shape index (κ1) is 22.8. The third-order valence-electron chi connectivity index (χ3n) is 5.75. The van der Waals surface area contributed by atoms with E-state index >= 15 is 0 Å². The molecule has 0 fully saturated rings. The molecule has 4 heteroatoms. The molecule has 4 aromatic rings. The molecule has 0 aliphatic heterocycles. The summed E-state index contributed by atoms with van der Waals surface area (Å²) in [4.78, 5) is 0. The van der Waals surface area contributed by atoms with Crippen molar-refractivity contribution in [3.63, 3.8) is 0 Å². The second kappa shape index (κ2) is 10.5. The lowest BCUT2D eigenvalue weighted by atomic mass is 9.88. The molecule has 4 nitrogen and oxygen atoms in total. The normalized spacial score (nSPS) is 12.3. The average Bonchev–Trinajstić information content (AvgIpc) is 2.82. The largest absolute Gasteiger partial charge is 0.508 e. The molecule has 0 bridgehead atoms. The highest BCUT2D eigenvalue weighted by atomic mass is 16.5. The Morgan fingerprint density at radius 1 is 0.818 bits per heavy atom. The van der Waals surface area contributed by atoms with Crippen LogP contribution in [0.25, 0.3) is 21.9 Å². The van der Waals surface area contributed by atoms with E-state index in [0.29, 0.717) is 12.6 Å². The summed E-state index contributed by atoms with van der Waals surface area (Å²) in [7, 11) is 0. The van der Waals surface area contributed by atoms with Gasteiger partial charge in [-0.15, -0.1) is 0 Å². The molecule has 0 heterocycles. The summed E-state index contributed by atoms with van der Waals surface area (Å²) in [6, 6.07) is 27.5. The van der Waals surface area contributed by atoms with Crippen molar-refractivity contribution in [3.05, 3.63) is 96.1 Å². The molecule has 33 heavy (non-hydrogen) atoms. The number of rotatable bonds is 9. The van der Waals surface area contributed by atoms with Crippen LogP contribution in [0.3, 0.4) is 0 Å². The minimum atomic E-state index is -0.276. The number of aromatic hydroxyl groups is 2. The van der Waals surface area contributed by atoms with Gasteiger partial charge in [0.2, 0.25) is 0 Å². The molecule has 0 spiro atoms. The van der Waals surface area contributed by atoms with E-state index in [1.54, 1.807) is 24.3 Å². The van der Waals surface area contributed by atoms with Crippen molar-refractivity contribution >= 4 is 10.8 Å². The van der Waals surface area contributed by atoms with E-state index in [1.165, 1.54) is 0 Å². The molecule has 0 aromatic heterocycles. The van der Waals surface area contributed by atoms with Crippen molar-refractivity contribution in [2.45, 2.75) is 32.4 Å². The zero-order valence-corrected chi connectivity index (χ0v) is 19.2. The van der Waals surface area contributed by atoms with Crippen LogP contribution in [0.15, 0.2) is 84.9 Å². The SMILES string of the molecule is CC(C)NCCCOC(c1ccccc1)c1c(-c2ccc(O)cc2)ccc2cc(O)ccc12. The Morgan fingerprint density at radius 3 is 2.27 bits per heavy atom. The van der Waals surface area contributed by atoms with Crippen molar-refractivity contribution in [2.75, 3.05) is 13.2 Å². The highest BCUT2D eigenvalue weighted by Gasteiger charge is 2.22. The summed E-state index contributed by atoms with van der Waals surface area (Å²) in [5.74, 6) is 0.474. The van der Waals surface area contributed by atoms with Crippen LogP contribution in [-0.2, 0) is 4.74 Å². The number of ether oxygens (including phenoxy) is 1. The number of nitrogens with one attached hydrogen (secondary N) is 1. The predicted molar refractivity (Wildman–Crippen MR) is 135 cm³/mol. The van der Waals surface area contributed by atoms with Crippen molar-refractivity contribution in [2.24, 2.45) is 0 Å². The van der Waals surface area contributed by atoms with Crippen molar-refractivity contribution in [1.82, 2.24) is 5.32 Å². The lowest BCUT2D eigenvalue weighted by molar-refractivity contribution is 0.0792. The van der Waals surface area contributed by atoms with Gasteiger partial charge in [-0.25, -0.2) is 0 Å². The molecule has 4 aromatic carbocycles. The fraction of sp³-hybridized carbons (Fsp3) is 0.241. The highest BCUT2D eigenvalue weighted by Crippen LogP contribution is 2.40. The van der Waals surface area contributed by atoms with Crippen LogP contribution in [0.1, 0.15) is 37.5 Å². The average molecular weight is 442 g/mol. The lowest BCUT2D eigenvalue weighted by Gasteiger charge is -2.24. The van der Waals surface area contributed by atoms with Gasteiger partial charge in [0, 0.05) is 18.2 Å². The molecular formula is C29H31NO3. The molecule has 0 saturated carbocycles. The van der Waals surface area contributed by atoms with E-state index in [-0.39, 0.29) is 17.6 Å². The van der Waals surface area contributed by atoms with E-state index in [2.05, 4.69) is 37.4 Å². The van der Waals surface area contributed by atoms with Gasteiger partial charge in [-0.1, -0.05) is 74.5 Å². The first-order chi connectivity index (χ1) is 16.0. The third kappa shape index (κ3) is 5.54. The lowest BCUT2D eigenvalue weighted by Crippen LogP contribution is -2.24. The molecule has 0 amide bonds. The van der Waals surface area contributed by atoms with Crippen molar-refractivity contribution in [3.8, 4) is 22.6 Å². The van der Waals surface area contributed by atoms with E-state index in [9.17, 15) is 10.2 Å². The van der Waals surface area contributed by atoms with E-state index in [0.717, 1.165) is 46.0 Å². The fourth-order valence-electron chi connectivity index (χ4n) is 4.15. The molecule has 1 unspecified atom stereocenters. The maximum absolute atomic E-state index is 10.1. The Morgan fingerprint density at radius 2 is 1.55 bits per heavy atom. The number of benzene rings is 4. The van der Waals surface area contributed by atoms with Gasteiger partial charge in [0.25, 0.3) is 0 Å². The van der Waals surface area contributed by atoms with Gasteiger partial charge in [-0.3, -0.25) is 0 Å². The number of hydrogen-bond donors (Lipinski definition) is 3. The molecule has 0 aliphatic carbocycles. The predicted octanol–water partition coefficient (Wildman–Crippen LogP) is 6.41. The van der Waals surface area contributed by atoms with Crippen LogP contribution in [0.5, 0.6) is 11.5 Å². The summed E-state index contributed by atoms with van der Waals surface area (Å²) in [5.41, 5.74) is 4.18. The van der Waals surface area contributed by atoms with Crippen LogP contribution in [-0.4, -0.2) is 29.4 Å². The molecule has 0 aliphatic rings. The van der Waals surface area contributed by atoms with Gasteiger partial charge < -0.3 is 20.3 Å². The van der Waals surface area contributed by atoms with E-state index in [4.69, 9.17) is 4.74 Å². The number of fused-ring (bicyclic) bond motifs is 1. The van der Waals surface area contributed by atoms with Gasteiger partial charge >= 0.3 is 0 Å². The van der Waals surface area contributed by atoms with Crippen molar-refractivity contribution < 1.29 is 14.9 Å². The minimum Gasteiger partial charge on any atom is -0.508 e. The van der Waals surface area contributed by atoms with Crippen LogP contribution < -0.4 is 5.32 Å². The summed E-state index contributed by atoms with van der Waals surface area (Å²) in [6.07, 6.45) is 0.629. The van der Waals surface area contributed by atoms with Gasteiger partial charge in [0.15, 0.2) is 0 Å². The molecule has 4 rings (SSSR count). The van der Waals surface area contributed by atoms with Gasteiger partial charge in [0.05, 0.1) is 0 Å². The Labute approximate surface area is 195 Å². The molecule has 170 valence electrons. The zero-order valence-electron chi connectivity index (χ0n) is 19.2. The second-order valence-corrected chi connectivity index (χ2v) is 8.60. The first-order valence-electron chi connectivity index (χ1n) is 11.5. The Balaban J connectivity index is 1.82. The summed E-state index contributed by atoms with van der Waals surface area (Å²) in [6.45, 7) is 5.79. The topological polar surface area (TPSA) is 61.7 Å². The highest BCUT2D eigenvalue weighted by molar-refractivity contribution is 5.93. The summed E-state index contributed by atoms with van der Waals surface area (Å²) >= 11 is 0. The molecule has 0 radical (unpaired) electrons. The number of phenols is 2. The first-order valence-corrected chi connectivity index (χ1v) is 11.5. The zero-order chi connectivity index (χ0) is 23.2. The fourth-order valence-corrected chi connectivity index (χ4v) is 4.15. The van der Waals surface area contributed by atoms with Gasteiger partial charge in [-0.2, -0.15) is 0 Å². The quantitative estimate of drug-likeness (QED) is 0.263. The monoisotopic (exact) mass is 441 g/mol. The maximum Gasteiger partial charge on any atom is 0.116 e. The van der Waals surface area contributed by atoms with Gasteiger partial charge in [-0.05, 0) is 64.7 Å². The maximum atomic E-state index is 10.1. The number of phenolic OH excluding ortho intramolecular Hbond substituents is 2. The van der Waals surface area contributed by atoms with Crippen LogP contribution in [0.2, 0.25) is 0 Å². The van der Waals surface area contributed by atoms with Crippen LogP contribution in [0, 0.1) is 0 Å². The van der Waals surface area contributed by atoms with E-state index < -0.39 is 0 Å².